The van der Waals surface area contributed by atoms with Crippen molar-refractivity contribution in [2.24, 2.45) is 0 Å². The van der Waals surface area contributed by atoms with E-state index in [2.05, 4.69) is 38.5 Å². The summed E-state index contributed by atoms with van der Waals surface area (Å²) in [5, 5.41) is -0.129. The van der Waals surface area contributed by atoms with Gasteiger partial charge in [0.05, 0.1) is 29.1 Å². The smallest absolute Gasteiger partial charge is 0.128 e. The van der Waals surface area contributed by atoms with Gasteiger partial charge in [-0.2, -0.15) is 0 Å². The van der Waals surface area contributed by atoms with Crippen LogP contribution in [0.5, 0.6) is 0 Å². The van der Waals surface area contributed by atoms with E-state index in [1.54, 1.807) is 0 Å². The van der Waals surface area contributed by atoms with Gasteiger partial charge in [0, 0.05) is 11.1 Å². The molecule has 0 fully saturated rings. The standard InChI is InChI=1S/C14H18BrClN2O/c1-4-19-8-9(2)18-13-6-5-11(15)7-12(13)17-14(18)10(3)16/h5-7,9-10H,4,8H2,1-3H3. The second kappa shape index (κ2) is 6.25. The van der Waals surface area contributed by atoms with Crippen LogP contribution >= 0.6 is 27.5 Å². The molecule has 1 heterocycles. The Labute approximate surface area is 127 Å². The topological polar surface area (TPSA) is 27.1 Å². The highest BCUT2D eigenvalue weighted by atomic mass is 79.9. The van der Waals surface area contributed by atoms with E-state index in [1.807, 2.05) is 26.0 Å². The number of alkyl halides is 1. The zero-order valence-electron chi connectivity index (χ0n) is 11.4. The number of imidazole rings is 1. The second-order valence-corrected chi connectivity index (χ2v) is 6.17. The molecule has 0 N–H and O–H groups in total. The minimum atomic E-state index is -0.129. The molecule has 0 aliphatic heterocycles. The van der Waals surface area contributed by atoms with Crippen molar-refractivity contribution < 1.29 is 4.74 Å². The number of benzene rings is 1. The van der Waals surface area contributed by atoms with E-state index in [1.165, 1.54) is 0 Å². The lowest BCUT2D eigenvalue weighted by Gasteiger charge is -2.18. The molecule has 0 amide bonds. The summed E-state index contributed by atoms with van der Waals surface area (Å²) in [5.74, 6) is 0.891. The molecule has 2 unspecified atom stereocenters. The number of fused-ring (bicyclic) bond motifs is 1. The molecule has 2 rings (SSSR count). The monoisotopic (exact) mass is 344 g/mol. The molecule has 2 aromatic rings. The van der Waals surface area contributed by atoms with Crippen molar-refractivity contribution in [1.82, 2.24) is 9.55 Å². The first-order chi connectivity index (χ1) is 9.04. The summed E-state index contributed by atoms with van der Waals surface area (Å²) in [6.07, 6.45) is 0. The first-order valence-electron chi connectivity index (χ1n) is 6.43. The highest BCUT2D eigenvalue weighted by molar-refractivity contribution is 9.10. The van der Waals surface area contributed by atoms with Crippen LogP contribution in [0.1, 0.15) is 38.0 Å². The minimum absolute atomic E-state index is 0.129. The molecule has 104 valence electrons. The van der Waals surface area contributed by atoms with Crippen molar-refractivity contribution in [3.05, 3.63) is 28.5 Å². The first-order valence-corrected chi connectivity index (χ1v) is 7.66. The number of ether oxygens (including phenoxy) is 1. The third kappa shape index (κ3) is 3.12. The third-order valence-corrected chi connectivity index (χ3v) is 3.73. The molecule has 0 bridgehead atoms. The molecule has 2 atom stereocenters. The van der Waals surface area contributed by atoms with Gasteiger partial charge in [-0.1, -0.05) is 15.9 Å². The fourth-order valence-corrected chi connectivity index (χ4v) is 2.70. The average Bonchev–Trinajstić information content (AvgIpc) is 2.74. The molecule has 0 saturated heterocycles. The highest BCUT2D eigenvalue weighted by Crippen LogP contribution is 2.29. The zero-order chi connectivity index (χ0) is 14.0. The molecule has 19 heavy (non-hydrogen) atoms. The third-order valence-electron chi connectivity index (χ3n) is 3.04. The number of hydrogen-bond donors (Lipinski definition) is 0. The van der Waals surface area contributed by atoms with Crippen molar-refractivity contribution >= 4 is 38.6 Å². The van der Waals surface area contributed by atoms with Crippen LogP contribution in [0.2, 0.25) is 0 Å². The van der Waals surface area contributed by atoms with Crippen LogP contribution in [0.3, 0.4) is 0 Å². The maximum atomic E-state index is 6.26. The maximum absolute atomic E-state index is 6.26. The van der Waals surface area contributed by atoms with Gasteiger partial charge < -0.3 is 9.30 Å². The predicted octanol–water partition coefficient (Wildman–Crippen LogP) is 4.70. The number of halogens is 2. The molecule has 5 heteroatoms. The van der Waals surface area contributed by atoms with Crippen molar-refractivity contribution in [2.75, 3.05) is 13.2 Å². The van der Waals surface area contributed by atoms with Crippen molar-refractivity contribution in [1.29, 1.82) is 0 Å². The maximum Gasteiger partial charge on any atom is 0.128 e. The largest absolute Gasteiger partial charge is 0.380 e. The summed E-state index contributed by atoms with van der Waals surface area (Å²) in [5.41, 5.74) is 2.05. The van der Waals surface area contributed by atoms with Crippen LogP contribution in [-0.2, 0) is 4.74 Å². The summed E-state index contributed by atoms with van der Waals surface area (Å²) >= 11 is 9.74. The normalized spacial score (nSPS) is 14.8. The highest BCUT2D eigenvalue weighted by Gasteiger charge is 2.19. The quantitative estimate of drug-likeness (QED) is 0.735. The lowest BCUT2D eigenvalue weighted by Crippen LogP contribution is -2.15. The van der Waals surface area contributed by atoms with E-state index in [0.29, 0.717) is 13.2 Å². The van der Waals surface area contributed by atoms with Gasteiger partial charge >= 0.3 is 0 Å². The van der Waals surface area contributed by atoms with Gasteiger partial charge in [-0.15, -0.1) is 11.6 Å². The minimum Gasteiger partial charge on any atom is -0.380 e. The van der Waals surface area contributed by atoms with E-state index in [4.69, 9.17) is 16.3 Å². The van der Waals surface area contributed by atoms with Gasteiger partial charge in [0.2, 0.25) is 0 Å². The SMILES string of the molecule is CCOCC(C)n1c(C(C)Cl)nc2cc(Br)ccc21. The Kier molecular flexibility index (Phi) is 4.87. The van der Waals surface area contributed by atoms with E-state index in [-0.39, 0.29) is 11.4 Å². The lowest BCUT2D eigenvalue weighted by molar-refractivity contribution is 0.119. The van der Waals surface area contributed by atoms with Crippen molar-refractivity contribution in [3.8, 4) is 0 Å². The van der Waals surface area contributed by atoms with Crippen LogP contribution < -0.4 is 0 Å². The molecule has 1 aromatic heterocycles. The Hall–Kier alpha value is -0.580. The van der Waals surface area contributed by atoms with E-state index in [0.717, 1.165) is 21.3 Å². The summed E-state index contributed by atoms with van der Waals surface area (Å²) < 4.78 is 8.73. The first kappa shape index (κ1) is 14.8. The van der Waals surface area contributed by atoms with Gasteiger partial charge in [-0.05, 0) is 39.0 Å². The van der Waals surface area contributed by atoms with Crippen LogP contribution in [0.25, 0.3) is 11.0 Å². The fraction of sp³-hybridized carbons (Fsp3) is 0.500. The van der Waals surface area contributed by atoms with Gasteiger partial charge in [-0.25, -0.2) is 4.98 Å². The van der Waals surface area contributed by atoms with Crippen LogP contribution in [0, 0.1) is 0 Å². The molecular weight excluding hydrogens is 328 g/mol. The number of hydrogen-bond acceptors (Lipinski definition) is 2. The molecule has 3 nitrogen and oxygen atoms in total. The number of aromatic nitrogens is 2. The number of nitrogens with zero attached hydrogens (tertiary/aromatic N) is 2. The van der Waals surface area contributed by atoms with Crippen LogP contribution in [-0.4, -0.2) is 22.8 Å². The van der Waals surface area contributed by atoms with Gasteiger partial charge in [0.25, 0.3) is 0 Å². The molecular formula is C14H18BrClN2O. The van der Waals surface area contributed by atoms with Crippen molar-refractivity contribution in [2.45, 2.75) is 32.2 Å². The Bertz CT molecular complexity index is 568. The van der Waals surface area contributed by atoms with Crippen LogP contribution in [0.15, 0.2) is 22.7 Å². The van der Waals surface area contributed by atoms with Gasteiger partial charge in [0.15, 0.2) is 0 Å². The van der Waals surface area contributed by atoms with Crippen LogP contribution in [0.4, 0.5) is 0 Å². The Morgan fingerprint density at radius 2 is 2.16 bits per heavy atom. The summed E-state index contributed by atoms with van der Waals surface area (Å²) in [6.45, 7) is 7.45. The molecule has 0 radical (unpaired) electrons. The summed E-state index contributed by atoms with van der Waals surface area (Å²) in [7, 11) is 0. The average molecular weight is 346 g/mol. The lowest BCUT2D eigenvalue weighted by atomic mass is 10.2. The summed E-state index contributed by atoms with van der Waals surface area (Å²) in [4.78, 5) is 4.65. The Balaban J connectivity index is 2.51. The summed E-state index contributed by atoms with van der Waals surface area (Å²) in [6, 6.07) is 6.32. The second-order valence-electron chi connectivity index (χ2n) is 4.60. The van der Waals surface area contributed by atoms with Gasteiger partial charge in [-0.3, -0.25) is 0 Å². The molecule has 1 aromatic carbocycles. The van der Waals surface area contributed by atoms with E-state index >= 15 is 0 Å². The van der Waals surface area contributed by atoms with E-state index < -0.39 is 0 Å². The van der Waals surface area contributed by atoms with Gasteiger partial charge in [0.1, 0.15) is 5.82 Å². The number of rotatable bonds is 5. The molecule has 0 spiro atoms. The zero-order valence-corrected chi connectivity index (χ0v) is 13.7. The van der Waals surface area contributed by atoms with Crippen molar-refractivity contribution in [3.63, 3.8) is 0 Å². The molecule has 0 saturated carbocycles. The molecule has 0 aliphatic rings. The Morgan fingerprint density at radius 3 is 2.79 bits per heavy atom. The molecule has 0 aliphatic carbocycles. The van der Waals surface area contributed by atoms with E-state index in [9.17, 15) is 0 Å². The Morgan fingerprint density at radius 1 is 1.42 bits per heavy atom. The fourth-order valence-electron chi connectivity index (χ4n) is 2.20. The predicted molar refractivity (Wildman–Crippen MR) is 82.9 cm³/mol.